The van der Waals surface area contributed by atoms with E-state index in [1.807, 2.05) is 31.2 Å². The Morgan fingerprint density at radius 2 is 2.04 bits per heavy atom. The summed E-state index contributed by atoms with van der Waals surface area (Å²) in [5, 5.41) is 14.4. The minimum Gasteiger partial charge on any atom is -0.492 e. The molecule has 1 aromatic carbocycles. The molecule has 2 aromatic rings. The summed E-state index contributed by atoms with van der Waals surface area (Å²) in [6.45, 7) is 4.39. The molecule has 124 valence electrons. The highest BCUT2D eigenvalue weighted by Gasteiger charge is 2.05. The SMILES string of the molecule is CCOc1ccccc1Nc1cnnc(NCCCN(C)C)n1. The molecule has 23 heavy (non-hydrogen) atoms. The first-order valence-electron chi connectivity index (χ1n) is 7.76. The van der Waals surface area contributed by atoms with Gasteiger partial charge in [-0.25, -0.2) is 0 Å². The van der Waals surface area contributed by atoms with Gasteiger partial charge in [-0.1, -0.05) is 12.1 Å². The van der Waals surface area contributed by atoms with Crippen LogP contribution < -0.4 is 15.4 Å². The van der Waals surface area contributed by atoms with Gasteiger partial charge in [0.1, 0.15) is 5.75 Å². The number of anilines is 3. The Labute approximate surface area is 137 Å². The second kappa shape index (κ2) is 8.89. The lowest BCUT2D eigenvalue weighted by Gasteiger charge is -2.12. The van der Waals surface area contributed by atoms with Crippen LogP contribution in [0.4, 0.5) is 17.5 Å². The van der Waals surface area contributed by atoms with E-state index in [0.717, 1.165) is 30.9 Å². The zero-order chi connectivity index (χ0) is 16.5. The van der Waals surface area contributed by atoms with Crippen molar-refractivity contribution in [3.8, 4) is 5.75 Å². The number of para-hydroxylation sites is 2. The van der Waals surface area contributed by atoms with Crippen LogP contribution in [0.1, 0.15) is 13.3 Å². The maximum Gasteiger partial charge on any atom is 0.244 e. The van der Waals surface area contributed by atoms with E-state index in [4.69, 9.17) is 4.74 Å². The Bertz CT molecular complexity index is 605. The van der Waals surface area contributed by atoms with Crippen molar-refractivity contribution in [2.45, 2.75) is 13.3 Å². The number of rotatable bonds is 9. The molecule has 0 saturated carbocycles. The van der Waals surface area contributed by atoms with E-state index in [0.29, 0.717) is 18.4 Å². The van der Waals surface area contributed by atoms with Crippen LogP contribution in [-0.4, -0.2) is 53.9 Å². The van der Waals surface area contributed by atoms with Gasteiger partial charge >= 0.3 is 0 Å². The zero-order valence-corrected chi connectivity index (χ0v) is 13.9. The second-order valence-electron chi connectivity index (χ2n) is 5.30. The van der Waals surface area contributed by atoms with Crippen LogP contribution in [-0.2, 0) is 0 Å². The van der Waals surface area contributed by atoms with Crippen LogP contribution in [0.2, 0.25) is 0 Å². The molecule has 7 heteroatoms. The summed E-state index contributed by atoms with van der Waals surface area (Å²) in [5.41, 5.74) is 0.855. The molecule has 1 aromatic heterocycles. The normalized spacial score (nSPS) is 10.6. The van der Waals surface area contributed by atoms with Crippen LogP contribution in [0.25, 0.3) is 0 Å². The van der Waals surface area contributed by atoms with Gasteiger partial charge in [0.05, 0.1) is 18.5 Å². The number of hydrogen-bond acceptors (Lipinski definition) is 7. The number of nitrogens with one attached hydrogen (secondary N) is 2. The van der Waals surface area contributed by atoms with E-state index in [-0.39, 0.29) is 0 Å². The first-order valence-corrected chi connectivity index (χ1v) is 7.76. The molecule has 0 aliphatic carbocycles. The minimum absolute atomic E-state index is 0.516. The van der Waals surface area contributed by atoms with Gasteiger partial charge in [0.15, 0.2) is 5.82 Å². The predicted molar refractivity (Wildman–Crippen MR) is 92.4 cm³/mol. The summed E-state index contributed by atoms with van der Waals surface area (Å²) in [6, 6.07) is 7.74. The summed E-state index contributed by atoms with van der Waals surface area (Å²) < 4.78 is 5.59. The third-order valence-electron chi connectivity index (χ3n) is 3.07. The van der Waals surface area contributed by atoms with Gasteiger partial charge in [-0.2, -0.15) is 10.1 Å². The van der Waals surface area contributed by atoms with Crippen LogP contribution in [0, 0.1) is 0 Å². The molecule has 0 atom stereocenters. The molecule has 2 rings (SSSR count). The van der Waals surface area contributed by atoms with Crippen molar-refractivity contribution in [2.75, 3.05) is 44.4 Å². The molecule has 0 spiro atoms. The first-order chi connectivity index (χ1) is 11.2. The molecule has 2 N–H and O–H groups in total. The average Bonchev–Trinajstić information content (AvgIpc) is 2.54. The van der Waals surface area contributed by atoms with Gasteiger partial charge in [0.2, 0.25) is 5.95 Å². The fraction of sp³-hybridized carbons (Fsp3) is 0.438. The van der Waals surface area contributed by atoms with E-state index in [9.17, 15) is 0 Å². The van der Waals surface area contributed by atoms with E-state index in [1.165, 1.54) is 0 Å². The second-order valence-corrected chi connectivity index (χ2v) is 5.30. The lowest BCUT2D eigenvalue weighted by molar-refractivity contribution is 0.342. The molecule has 7 nitrogen and oxygen atoms in total. The molecule has 0 radical (unpaired) electrons. The Balaban J connectivity index is 1.97. The van der Waals surface area contributed by atoms with E-state index in [2.05, 4.69) is 44.8 Å². The fourth-order valence-corrected chi connectivity index (χ4v) is 2.02. The van der Waals surface area contributed by atoms with Crippen LogP contribution in [0.5, 0.6) is 5.75 Å². The summed E-state index contributed by atoms with van der Waals surface area (Å²) in [6.07, 6.45) is 2.61. The average molecular weight is 316 g/mol. The van der Waals surface area contributed by atoms with Crippen LogP contribution in [0.15, 0.2) is 30.5 Å². The predicted octanol–water partition coefficient (Wildman–Crippen LogP) is 2.38. The van der Waals surface area contributed by atoms with Crippen molar-refractivity contribution < 1.29 is 4.74 Å². The Morgan fingerprint density at radius 1 is 1.22 bits per heavy atom. The topological polar surface area (TPSA) is 75.2 Å². The van der Waals surface area contributed by atoms with Crippen LogP contribution in [0.3, 0.4) is 0 Å². The lowest BCUT2D eigenvalue weighted by atomic mass is 10.3. The highest BCUT2D eigenvalue weighted by Crippen LogP contribution is 2.26. The van der Waals surface area contributed by atoms with Crippen LogP contribution >= 0.6 is 0 Å². The van der Waals surface area contributed by atoms with Crippen molar-refractivity contribution in [2.24, 2.45) is 0 Å². The molecule has 0 saturated heterocycles. The van der Waals surface area contributed by atoms with E-state index < -0.39 is 0 Å². The maximum absolute atomic E-state index is 5.59. The Kier molecular flexibility index (Phi) is 6.56. The van der Waals surface area contributed by atoms with E-state index in [1.54, 1.807) is 6.20 Å². The maximum atomic E-state index is 5.59. The molecule has 0 aliphatic rings. The number of hydrogen-bond donors (Lipinski definition) is 2. The molecular weight excluding hydrogens is 292 g/mol. The smallest absolute Gasteiger partial charge is 0.244 e. The first kappa shape index (κ1) is 17.0. The lowest BCUT2D eigenvalue weighted by Crippen LogP contribution is -2.17. The molecular formula is C16H24N6O. The monoisotopic (exact) mass is 316 g/mol. The Hall–Kier alpha value is -2.41. The third-order valence-corrected chi connectivity index (χ3v) is 3.07. The minimum atomic E-state index is 0.516. The Morgan fingerprint density at radius 3 is 2.83 bits per heavy atom. The number of aromatic nitrogens is 3. The van der Waals surface area contributed by atoms with Gasteiger partial charge in [-0.05, 0) is 46.1 Å². The van der Waals surface area contributed by atoms with Gasteiger partial charge in [-0.3, -0.25) is 0 Å². The van der Waals surface area contributed by atoms with Gasteiger partial charge in [0.25, 0.3) is 0 Å². The largest absolute Gasteiger partial charge is 0.492 e. The number of ether oxygens (including phenoxy) is 1. The zero-order valence-electron chi connectivity index (χ0n) is 13.9. The van der Waals surface area contributed by atoms with Gasteiger partial charge in [0, 0.05) is 6.54 Å². The molecule has 0 aliphatic heterocycles. The van der Waals surface area contributed by atoms with E-state index >= 15 is 0 Å². The quantitative estimate of drug-likeness (QED) is 0.688. The number of benzene rings is 1. The highest BCUT2D eigenvalue weighted by molar-refractivity contribution is 5.63. The molecule has 0 amide bonds. The molecule has 0 unspecified atom stereocenters. The number of nitrogens with zero attached hydrogens (tertiary/aromatic N) is 4. The molecule has 0 bridgehead atoms. The van der Waals surface area contributed by atoms with Crippen molar-refractivity contribution in [1.29, 1.82) is 0 Å². The summed E-state index contributed by atoms with van der Waals surface area (Å²) in [5.74, 6) is 1.93. The standard InChI is InChI=1S/C16H24N6O/c1-4-23-14-9-6-5-8-13(14)19-15-12-18-21-16(20-15)17-10-7-11-22(2)3/h5-6,8-9,12H,4,7,10-11H2,1-3H3,(H2,17,19,20,21). The molecule has 1 heterocycles. The summed E-state index contributed by atoms with van der Waals surface area (Å²) in [7, 11) is 4.11. The molecule has 0 fully saturated rings. The van der Waals surface area contributed by atoms with Gasteiger partial charge in [-0.15, -0.1) is 5.10 Å². The highest BCUT2D eigenvalue weighted by atomic mass is 16.5. The van der Waals surface area contributed by atoms with Gasteiger partial charge < -0.3 is 20.3 Å². The van der Waals surface area contributed by atoms with Crippen molar-refractivity contribution >= 4 is 17.5 Å². The third kappa shape index (κ3) is 5.71. The van der Waals surface area contributed by atoms with Crippen molar-refractivity contribution in [1.82, 2.24) is 20.1 Å². The summed E-state index contributed by atoms with van der Waals surface area (Å²) in [4.78, 5) is 6.56. The fourth-order valence-electron chi connectivity index (χ4n) is 2.02. The van der Waals surface area contributed by atoms with Crippen molar-refractivity contribution in [3.63, 3.8) is 0 Å². The summed E-state index contributed by atoms with van der Waals surface area (Å²) >= 11 is 0. The van der Waals surface area contributed by atoms with Crippen molar-refractivity contribution in [3.05, 3.63) is 30.5 Å².